The first kappa shape index (κ1) is 16.7. The summed E-state index contributed by atoms with van der Waals surface area (Å²) in [5, 5.41) is 12.0. The van der Waals surface area contributed by atoms with Gasteiger partial charge in [0.05, 0.1) is 11.9 Å². The van der Waals surface area contributed by atoms with E-state index >= 15 is 0 Å². The second kappa shape index (κ2) is 8.70. The molecule has 6 nitrogen and oxygen atoms in total. The fourth-order valence-electron chi connectivity index (χ4n) is 2.89. The van der Waals surface area contributed by atoms with Crippen LogP contribution in [0.25, 0.3) is 0 Å². The summed E-state index contributed by atoms with van der Waals surface area (Å²) in [6, 6.07) is 4.20. The number of carbonyl (C=O) groups is 1. The van der Waals surface area contributed by atoms with Crippen LogP contribution in [0.4, 0.5) is 11.5 Å². The van der Waals surface area contributed by atoms with E-state index in [9.17, 15) is 9.90 Å². The van der Waals surface area contributed by atoms with Crippen LogP contribution in [0.3, 0.4) is 0 Å². The van der Waals surface area contributed by atoms with Gasteiger partial charge in [0.1, 0.15) is 5.82 Å². The van der Waals surface area contributed by atoms with Crippen LogP contribution in [0.15, 0.2) is 18.3 Å². The predicted molar refractivity (Wildman–Crippen MR) is 87.8 cm³/mol. The highest BCUT2D eigenvalue weighted by atomic mass is 16.3. The van der Waals surface area contributed by atoms with Crippen LogP contribution in [-0.2, 0) is 4.79 Å². The molecule has 0 bridgehead atoms. The average Bonchev–Trinajstić information content (AvgIpc) is 2.55. The van der Waals surface area contributed by atoms with Crippen molar-refractivity contribution in [3.05, 3.63) is 18.3 Å². The van der Waals surface area contributed by atoms with Crippen molar-refractivity contribution >= 4 is 17.4 Å². The second-order valence-electron chi connectivity index (χ2n) is 5.70. The fourth-order valence-corrected chi connectivity index (χ4v) is 2.89. The Hall–Kier alpha value is -1.66. The van der Waals surface area contributed by atoms with Crippen LogP contribution in [0.1, 0.15) is 38.5 Å². The van der Waals surface area contributed by atoms with E-state index in [1.54, 1.807) is 6.20 Å². The molecule has 0 spiro atoms. The Morgan fingerprint density at radius 3 is 3.00 bits per heavy atom. The number of rotatable bonds is 7. The number of anilines is 2. The number of hydrogen-bond acceptors (Lipinski definition) is 5. The van der Waals surface area contributed by atoms with E-state index in [0.29, 0.717) is 31.2 Å². The van der Waals surface area contributed by atoms with E-state index in [4.69, 9.17) is 5.73 Å². The monoisotopic (exact) mass is 306 g/mol. The summed E-state index contributed by atoms with van der Waals surface area (Å²) >= 11 is 0. The van der Waals surface area contributed by atoms with Gasteiger partial charge in [-0.05, 0) is 50.8 Å². The van der Waals surface area contributed by atoms with Gasteiger partial charge in [0.15, 0.2) is 0 Å². The molecule has 1 amide bonds. The lowest BCUT2D eigenvalue weighted by Gasteiger charge is -2.37. The summed E-state index contributed by atoms with van der Waals surface area (Å²) < 4.78 is 0. The van der Waals surface area contributed by atoms with Crippen molar-refractivity contribution < 1.29 is 9.90 Å². The first-order valence-electron chi connectivity index (χ1n) is 8.08. The molecule has 4 N–H and O–H groups in total. The normalized spacial score (nSPS) is 18.3. The van der Waals surface area contributed by atoms with E-state index < -0.39 is 0 Å². The highest BCUT2D eigenvalue weighted by molar-refractivity contribution is 5.89. The first-order chi connectivity index (χ1) is 10.7. The molecular weight excluding hydrogens is 280 g/mol. The minimum absolute atomic E-state index is 0.0539. The van der Waals surface area contributed by atoms with Gasteiger partial charge < -0.3 is 21.1 Å². The molecule has 2 heterocycles. The molecule has 22 heavy (non-hydrogen) atoms. The van der Waals surface area contributed by atoms with Gasteiger partial charge in [-0.15, -0.1) is 0 Å². The third-order valence-electron chi connectivity index (χ3n) is 4.04. The zero-order chi connectivity index (χ0) is 15.8. The zero-order valence-electron chi connectivity index (χ0n) is 13.0. The number of nitrogens with two attached hydrogens (primary N) is 1. The van der Waals surface area contributed by atoms with Crippen molar-refractivity contribution in [1.82, 2.24) is 4.98 Å². The number of nitrogens with zero attached hydrogens (tertiary/aromatic N) is 2. The molecule has 0 aliphatic carbocycles. The molecule has 0 radical (unpaired) electrons. The summed E-state index contributed by atoms with van der Waals surface area (Å²) in [5.41, 5.74) is 6.45. The minimum Gasteiger partial charge on any atom is -0.396 e. The Balaban J connectivity index is 1.96. The highest BCUT2D eigenvalue weighted by Crippen LogP contribution is 2.26. The van der Waals surface area contributed by atoms with E-state index in [1.165, 1.54) is 12.8 Å². The highest BCUT2D eigenvalue weighted by Gasteiger charge is 2.22. The molecule has 6 heteroatoms. The van der Waals surface area contributed by atoms with Crippen LogP contribution in [0, 0.1) is 0 Å². The maximum Gasteiger partial charge on any atom is 0.225 e. The minimum atomic E-state index is -0.0539. The number of aromatic nitrogens is 1. The first-order valence-corrected chi connectivity index (χ1v) is 8.08. The lowest BCUT2D eigenvalue weighted by molar-refractivity contribution is -0.116. The molecule has 1 aromatic heterocycles. The Labute approximate surface area is 131 Å². The number of amides is 1. The van der Waals surface area contributed by atoms with Crippen LogP contribution >= 0.6 is 0 Å². The molecule has 1 unspecified atom stereocenters. The van der Waals surface area contributed by atoms with Crippen LogP contribution in [0.2, 0.25) is 0 Å². The summed E-state index contributed by atoms with van der Waals surface area (Å²) in [7, 11) is 0. The van der Waals surface area contributed by atoms with Crippen LogP contribution < -0.4 is 16.0 Å². The fraction of sp³-hybridized carbons (Fsp3) is 0.625. The van der Waals surface area contributed by atoms with Crippen LogP contribution in [0.5, 0.6) is 0 Å². The van der Waals surface area contributed by atoms with E-state index in [2.05, 4.69) is 15.2 Å². The average molecular weight is 306 g/mol. The molecule has 1 atom stereocenters. The number of aliphatic hydroxyl groups is 1. The topological polar surface area (TPSA) is 91.5 Å². The van der Waals surface area contributed by atoms with Gasteiger partial charge in [0.25, 0.3) is 0 Å². The van der Waals surface area contributed by atoms with Gasteiger partial charge in [0.2, 0.25) is 5.91 Å². The number of pyridine rings is 1. The molecule has 1 aliphatic heterocycles. The van der Waals surface area contributed by atoms with Gasteiger partial charge in [-0.3, -0.25) is 4.79 Å². The van der Waals surface area contributed by atoms with Gasteiger partial charge in [0, 0.05) is 25.6 Å². The summed E-state index contributed by atoms with van der Waals surface area (Å²) in [5.74, 6) is 0.517. The van der Waals surface area contributed by atoms with E-state index in [0.717, 1.165) is 25.1 Å². The Kier molecular flexibility index (Phi) is 6.61. The Morgan fingerprint density at radius 1 is 1.45 bits per heavy atom. The second-order valence-corrected chi connectivity index (χ2v) is 5.70. The van der Waals surface area contributed by atoms with Gasteiger partial charge in [-0.2, -0.15) is 0 Å². The van der Waals surface area contributed by atoms with Crippen molar-refractivity contribution in [2.24, 2.45) is 5.73 Å². The van der Waals surface area contributed by atoms with Crippen molar-refractivity contribution in [2.75, 3.05) is 29.9 Å². The summed E-state index contributed by atoms with van der Waals surface area (Å²) in [6.45, 7) is 1.72. The Bertz CT molecular complexity index is 462. The molecule has 2 rings (SSSR count). The van der Waals surface area contributed by atoms with Gasteiger partial charge in [-0.25, -0.2) is 4.98 Å². The summed E-state index contributed by atoms with van der Waals surface area (Å²) in [6.07, 6.45) is 7.18. The molecule has 1 aliphatic rings. The zero-order valence-corrected chi connectivity index (χ0v) is 13.0. The number of aliphatic hydroxyl groups excluding tert-OH is 1. The number of piperidine rings is 1. The molecule has 1 aromatic rings. The van der Waals surface area contributed by atoms with E-state index in [-0.39, 0.29) is 12.5 Å². The maximum atomic E-state index is 11.7. The van der Waals surface area contributed by atoms with Gasteiger partial charge in [-0.1, -0.05) is 0 Å². The van der Waals surface area contributed by atoms with E-state index in [1.807, 2.05) is 12.1 Å². The predicted octanol–water partition coefficient (Wildman–Crippen LogP) is 1.50. The third kappa shape index (κ3) is 4.68. The maximum absolute atomic E-state index is 11.7. The SMILES string of the molecule is NCCCC(=O)Nc1ccc(N2CCCCC2CCO)cn1. The number of carbonyl (C=O) groups excluding carboxylic acids is 1. The quantitative estimate of drug-likeness (QED) is 0.710. The molecular formula is C16H26N4O2. The third-order valence-corrected chi connectivity index (χ3v) is 4.04. The largest absolute Gasteiger partial charge is 0.396 e. The van der Waals surface area contributed by atoms with Crippen molar-refractivity contribution in [3.8, 4) is 0 Å². The molecule has 0 aromatic carbocycles. The lowest BCUT2D eigenvalue weighted by atomic mass is 9.99. The van der Waals surface area contributed by atoms with Crippen LogP contribution in [-0.4, -0.2) is 41.7 Å². The lowest BCUT2D eigenvalue weighted by Crippen LogP contribution is -2.40. The summed E-state index contributed by atoms with van der Waals surface area (Å²) in [4.78, 5) is 18.3. The number of hydrogen-bond donors (Lipinski definition) is 3. The van der Waals surface area contributed by atoms with Crippen molar-refractivity contribution in [2.45, 2.75) is 44.6 Å². The van der Waals surface area contributed by atoms with Gasteiger partial charge >= 0.3 is 0 Å². The smallest absolute Gasteiger partial charge is 0.225 e. The van der Waals surface area contributed by atoms with Crippen molar-refractivity contribution in [3.63, 3.8) is 0 Å². The number of nitrogens with one attached hydrogen (secondary N) is 1. The molecule has 1 saturated heterocycles. The molecule has 0 saturated carbocycles. The standard InChI is InChI=1S/C16H26N4O2/c17-9-3-5-16(22)19-15-7-6-14(12-18-15)20-10-2-1-4-13(20)8-11-21/h6-7,12-13,21H,1-5,8-11,17H2,(H,18,19,22). The molecule has 1 fully saturated rings. The molecule has 122 valence electrons. The van der Waals surface area contributed by atoms with Crippen molar-refractivity contribution in [1.29, 1.82) is 0 Å². The Morgan fingerprint density at radius 2 is 2.32 bits per heavy atom.